The number of aromatic nitrogens is 2. The van der Waals surface area contributed by atoms with E-state index >= 15 is 0 Å². The van der Waals surface area contributed by atoms with Crippen LogP contribution in [0.25, 0.3) is 11.0 Å². The maximum absolute atomic E-state index is 14.2. The van der Waals surface area contributed by atoms with Gasteiger partial charge in [0.05, 0.1) is 51.6 Å². The molecule has 2 heterocycles. The molecular formula is C29H29N3O6. The standard InChI is InChI=1S/C29H29N3O6/c1-5-38-28(34)23-24(19-15-16-22(35-2)26(37-4)25(19)36-3)32-21-14-10-9-13-20(21)30-29(32)31(27(23)33)17-18-11-7-6-8-12-18/h6-16,23-24H,5,17H2,1-4H3/t23-,24+/m0/s1. The van der Waals surface area contributed by atoms with Crippen molar-refractivity contribution in [3.8, 4) is 17.2 Å². The van der Waals surface area contributed by atoms with Gasteiger partial charge in [-0.2, -0.15) is 0 Å². The Kier molecular flexibility index (Phi) is 6.91. The minimum atomic E-state index is -1.20. The van der Waals surface area contributed by atoms with E-state index in [1.165, 1.54) is 21.3 Å². The second kappa shape index (κ2) is 10.5. The summed E-state index contributed by atoms with van der Waals surface area (Å²) in [5.41, 5.74) is 2.94. The van der Waals surface area contributed by atoms with Crippen LogP contribution < -0.4 is 19.1 Å². The van der Waals surface area contributed by atoms with Gasteiger partial charge in [-0.15, -0.1) is 0 Å². The van der Waals surface area contributed by atoms with Gasteiger partial charge in [-0.05, 0) is 36.8 Å². The lowest BCUT2D eigenvalue weighted by molar-refractivity contribution is -0.153. The molecule has 0 spiro atoms. The Balaban J connectivity index is 1.81. The van der Waals surface area contributed by atoms with Crippen LogP contribution in [-0.4, -0.2) is 49.4 Å². The summed E-state index contributed by atoms with van der Waals surface area (Å²) in [4.78, 5) is 34.2. The number of hydrogen-bond acceptors (Lipinski definition) is 7. The van der Waals surface area contributed by atoms with Gasteiger partial charge >= 0.3 is 5.97 Å². The summed E-state index contributed by atoms with van der Waals surface area (Å²) in [6.45, 7) is 2.10. The number of anilines is 1. The molecule has 1 aliphatic rings. The number of para-hydroxylation sites is 2. The second-order valence-electron chi connectivity index (χ2n) is 8.78. The van der Waals surface area contributed by atoms with E-state index in [-0.39, 0.29) is 13.2 Å². The maximum atomic E-state index is 14.2. The molecule has 0 saturated carbocycles. The molecule has 0 bridgehead atoms. The molecule has 5 rings (SSSR count). The molecule has 0 unspecified atom stereocenters. The van der Waals surface area contributed by atoms with E-state index in [1.54, 1.807) is 24.0 Å². The van der Waals surface area contributed by atoms with Crippen molar-refractivity contribution in [3.63, 3.8) is 0 Å². The van der Waals surface area contributed by atoms with E-state index in [0.29, 0.717) is 34.3 Å². The molecule has 1 aromatic heterocycles. The molecule has 0 saturated heterocycles. The number of carbonyl (C=O) groups excluding carboxylic acids is 2. The predicted octanol–water partition coefficient (Wildman–Crippen LogP) is 4.38. The van der Waals surface area contributed by atoms with Crippen molar-refractivity contribution in [1.82, 2.24) is 9.55 Å². The first-order valence-electron chi connectivity index (χ1n) is 12.3. The summed E-state index contributed by atoms with van der Waals surface area (Å²) in [6, 6.07) is 19.9. The summed E-state index contributed by atoms with van der Waals surface area (Å²) in [5.74, 6) is -0.611. The van der Waals surface area contributed by atoms with E-state index in [9.17, 15) is 9.59 Å². The number of hydrogen-bond donors (Lipinski definition) is 0. The van der Waals surface area contributed by atoms with Crippen LogP contribution in [0.1, 0.15) is 24.1 Å². The van der Waals surface area contributed by atoms with Crippen molar-refractivity contribution in [1.29, 1.82) is 0 Å². The first-order chi connectivity index (χ1) is 18.5. The number of amides is 1. The van der Waals surface area contributed by atoms with Crippen molar-refractivity contribution in [2.24, 2.45) is 5.92 Å². The highest BCUT2D eigenvalue weighted by Gasteiger charge is 2.49. The fourth-order valence-corrected chi connectivity index (χ4v) is 5.10. The molecule has 0 radical (unpaired) electrons. The number of carbonyl (C=O) groups is 2. The number of benzene rings is 3. The van der Waals surface area contributed by atoms with Crippen molar-refractivity contribution in [2.45, 2.75) is 19.5 Å². The molecule has 1 amide bonds. The largest absolute Gasteiger partial charge is 0.493 e. The van der Waals surface area contributed by atoms with E-state index in [0.717, 1.165) is 11.1 Å². The fourth-order valence-electron chi connectivity index (χ4n) is 5.10. The van der Waals surface area contributed by atoms with Gasteiger partial charge in [-0.1, -0.05) is 42.5 Å². The van der Waals surface area contributed by atoms with Gasteiger partial charge in [-0.25, -0.2) is 4.98 Å². The summed E-state index contributed by atoms with van der Waals surface area (Å²) in [6.07, 6.45) is 0. The number of imidazole rings is 1. The molecule has 38 heavy (non-hydrogen) atoms. The third-order valence-corrected chi connectivity index (χ3v) is 6.72. The van der Waals surface area contributed by atoms with E-state index in [2.05, 4.69) is 0 Å². The van der Waals surface area contributed by atoms with Crippen molar-refractivity contribution in [2.75, 3.05) is 32.8 Å². The zero-order chi connectivity index (χ0) is 26.8. The molecule has 1 aliphatic heterocycles. The number of methoxy groups -OCH3 is 3. The average Bonchev–Trinajstić information content (AvgIpc) is 3.33. The van der Waals surface area contributed by atoms with Crippen LogP contribution in [0.3, 0.4) is 0 Å². The maximum Gasteiger partial charge on any atom is 0.321 e. The smallest absolute Gasteiger partial charge is 0.321 e. The SMILES string of the molecule is CCOC(=O)[C@@H]1C(=O)N(Cc2ccccc2)c2nc3ccccc3n2[C@@H]1c1ccc(OC)c(OC)c1OC. The predicted molar refractivity (Wildman–Crippen MR) is 142 cm³/mol. The van der Waals surface area contributed by atoms with Crippen LogP contribution in [-0.2, 0) is 20.9 Å². The van der Waals surface area contributed by atoms with Gasteiger partial charge in [0.1, 0.15) is 0 Å². The number of rotatable bonds is 8. The van der Waals surface area contributed by atoms with Gasteiger partial charge in [-0.3, -0.25) is 14.5 Å². The Hall–Kier alpha value is -4.53. The van der Waals surface area contributed by atoms with Crippen LogP contribution in [0.5, 0.6) is 17.2 Å². The molecule has 0 fully saturated rings. The van der Waals surface area contributed by atoms with Crippen LogP contribution in [0.4, 0.5) is 5.95 Å². The minimum Gasteiger partial charge on any atom is -0.493 e. The van der Waals surface area contributed by atoms with Gasteiger partial charge in [0.15, 0.2) is 17.4 Å². The molecule has 3 aromatic carbocycles. The van der Waals surface area contributed by atoms with Crippen LogP contribution in [0.15, 0.2) is 66.7 Å². The Morgan fingerprint density at radius 3 is 2.29 bits per heavy atom. The number of ether oxygens (including phenoxy) is 4. The normalized spacial score (nSPS) is 16.7. The van der Waals surface area contributed by atoms with E-state index in [1.807, 2.05) is 59.2 Å². The van der Waals surface area contributed by atoms with Gasteiger partial charge < -0.3 is 23.5 Å². The first-order valence-corrected chi connectivity index (χ1v) is 12.3. The highest BCUT2D eigenvalue weighted by atomic mass is 16.5. The van der Waals surface area contributed by atoms with Crippen molar-refractivity contribution < 1.29 is 28.5 Å². The summed E-state index contributed by atoms with van der Waals surface area (Å²) in [5, 5.41) is 0. The lowest BCUT2D eigenvalue weighted by atomic mass is 9.88. The highest BCUT2D eigenvalue weighted by Crippen LogP contribution is 2.49. The Morgan fingerprint density at radius 2 is 1.61 bits per heavy atom. The lowest BCUT2D eigenvalue weighted by Gasteiger charge is -2.38. The van der Waals surface area contributed by atoms with Gasteiger partial charge in [0.25, 0.3) is 0 Å². The second-order valence-corrected chi connectivity index (χ2v) is 8.78. The number of nitrogens with zero attached hydrogens (tertiary/aromatic N) is 3. The summed E-state index contributed by atoms with van der Waals surface area (Å²) in [7, 11) is 4.56. The highest BCUT2D eigenvalue weighted by molar-refractivity contribution is 6.08. The van der Waals surface area contributed by atoms with E-state index < -0.39 is 23.8 Å². The van der Waals surface area contributed by atoms with Crippen molar-refractivity contribution in [3.05, 3.63) is 77.9 Å². The zero-order valence-electron chi connectivity index (χ0n) is 21.7. The third-order valence-electron chi connectivity index (χ3n) is 6.72. The molecule has 9 nitrogen and oxygen atoms in total. The average molecular weight is 516 g/mol. The summed E-state index contributed by atoms with van der Waals surface area (Å²) >= 11 is 0. The zero-order valence-corrected chi connectivity index (χ0v) is 21.7. The molecular weight excluding hydrogens is 486 g/mol. The topological polar surface area (TPSA) is 92.1 Å². The van der Waals surface area contributed by atoms with E-state index in [4.69, 9.17) is 23.9 Å². The Bertz CT molecular complexity index is 1480. The summed E-state index contributed by atoms with van der Waals surface area (Å²) < 4.78 is 24.3. The minimum absolute atomic E-state index is 0.134. The Labute approximate surface area is 220 Å². The third kappa shape index (κ3) is 4.09. The Morgan fingerprint density at radius 1 is 0.895 bits per heavy atom. The van der Waals surface area contributed by atoms with Crippen LogP contribution >= 0.6 is 0 Å². The number of fused-ring (bicyclic) bond motifs is 3. The fraction of sp³-hybridized carbons (Fsp3) is 0.276. The molecule has 0 aliphatic carbocycles. The number of esters is 1. The molecule has 2 atom stereocenters. The van der Waals surface area contributed by atoms with Gasteiger partial charge in [0.2, 0.25) is 17.6 Å². The molecule has 4 aromatic rings. The van der Waals surface area contributed by atoms with Crippen LogP contribution in [0.2, 0.25) is 0 Å². The first kappa shape index (κ1) is 25.1. The quantitative estimate of drug-likeness (QED) is 0.254. The molecule has 9 heteroatoms. The molecule has 196 valence electrons. The van der Waals surface area contributed by atoms with Crippen LogP contribution in [0, 0.1) is 5.92 Å². The van der Waals surface area contributed by atoms with Crippen molar-refractivity contribution >= 4 is 28.9 Å². The molecule has 0 N–H and O–H groups in total. The monoisotopic (exact) mass is 515 g/mol. The van der Waals surface area contributed by atoms with Gasteiger partial charge in [0, 0.05) is 5.56 Å². The lowest BCUT2D eigenvalue weighted by Crippen LogP contribution is -2.49.